The fourth-order valence-corrected chi connectivity index (χ4v) is 3.97. The quantitative estimate of drug-likeness (QED) is 0.739. The zero-order valence-electron chi connectivity index (χ0n) is 15.7. The fourth-order valence-electron chi connectivity index (χ4n) is 3.10. The number of nitrogens with one attached hydrogen (secondary N) is 1. The lowest BCUT2D eigenvalue weighted by Gasteiger charge is -2.28. The van der Waals surface area contributed by atoms with Crippen molar-refractivity contribution in [3.05, 3.63) is 46.9 Å². The number of nitrogens with zero attached hydrogens (tertiary/aromatic N) is 3. The van der Waals surface area contributed by atoms with Gasteiger partial charge in [-0.05, 0) is 43.6 Å². The molecule has 0 radical (unpaired) electrons. The van der Waals surface area contributed by atoms with Crippen molar-refractivity contribution in [2.45, 2.75) is 44.0 Å². The smallest absolute Gasteiger partial charge is 0.269 e. The number of piperidine rings is 1. The molecule has 0 bridgehead atoms. The third kappa shape index (κ3) is 5.35. The molecule has 0 saturated carbocycles. The molecule has 1 amide bonds. The van der Waals surface area contributed by atoms with Gasteiger partial charge in [-0.3, -0.25) is 9.59 Å². The number of hydrogen-bond acceptors (Lipinski definition) is 5. The summed E-state index contributed by atoms with van der Waals surface area (Å²) in [5.41, 5.74) is 1.37. The third-order valence-electron chi connectivity index (χ3n) is 4.49. The Morgan fingerprint density at radius 2 is 2.00 bits per heavy atom. The van der Waals surface area contributed by atoms with Crippen LogP contribution in [0.25, 0.3) is 0 Å². The molecule has 27 heavy (non-hydrogen) atoms. The first-order valence-electron chi connectivity index (χ1n) is 9.51. The Labute approximate surface area is 164 Å². The average molecular weight is 387 g/mol. The number of carbonyl (C=O) groups is 1. The molecule has 1 fully saturated rings. The van der Waals surface area contributed by atoms with Gasteiger partial charge in [0.25, 0.3) is 5.56 Å². The minimum atomic E-state index is -0.250. The predicted molar refractivity (Wildman–Crippen MR) is 111 cm³/mol. The molecule has 7 heteroatoms. The van der Waals surface area contributed by atoms with Gasteiger partial charge in [0.1, 0.15) is 6.54 Å². The predicted octanol–water partition coefficient (Wildman–Crippen LogP) is 3.37. The number of aromatic nitrogens is 2. The van der Waals surface area contributed by atoms with Gasteiger partial charge >= 0.3 is 0 Å². The van der Waals surface area contributed by atoms with E-state index >= 15 is 0 Å². The minimum absolute atomic E-state index is 0.0914. The number of amides is 1. The monoisotopic (exact) mass is 386 g/mol. The Hall–Kier alpha value is -2.28. The summed E-state index contributed by atoms with van der Waals surface area (Å²) in [4.78, 5) is 28.0. The second kappa shape index (κ2) is 9.60. The maximum Gasteiger partial charge on any atom is 0.269 e. The summed E-state index contributed by atoms with van der Waals surface area (Å²) in [5, 5.41) is 7.11. The van der Waals surface area contributed by atoms with Gasteiger partial charge in [0.2, 0.25) is 5.91 Å². The molecule has 0 atom stereocenters. The van der Waals surface area contributed by atoms with Crippen LogP contribution in [0.15, 0.2) is 46.2 Å². The maximum absolute atomic E-state index is 12.4. The van der Waals surface area contributed by atoms with Crippen LogP contribution in [0.4, 0.5) is 11.4 Å². The van der Waals surface area contributed by atoms with E-state index in [1.165, 1.54) is 11.1 Å². The van der Waals surface area contributed by atoms with Crippen LogP contribution in [-0.4, -0.2) is 34.5 Å². The Kier molecular flexibility index (Phi) is 6.92. The molecule has 1 aliphatic heterocycles. The Morgan fingerprint density at radius 1 is 1.22 bits per heavy atom. The molecule has 144 valence electrons. The molecule has 1 aliphatic rings. The highest BCUT2D eigenvalue weighted by Gasteiger charge is 2.14. The van der Waals surface area contributed by atoms with E-state index in [-0.39, 0.29) is 18.0 Å². The van der Waals surface area contributed by atoms with E-state index in [0.717, 1.165) is 54.4 Å². The van der Waals surface area contributed by atoms with Crippen molar-refractivity contribution in [3.8, 4) is 0 Å². The number of thioether (sulfide) groups is 1. The molecule has 1 N–H and O–H groups in total. The van der Waals surface area contributed by atoms with Crippen LogP contribution in [0.3, 0.4) is 0 Å². The summed E-state index contributed by atoms with van der Waals surface area (Å²) in [6.07, 6.45) is 6.27. The molecular formula is C20H26N4O2S. The first-order valence-corrected chi connectivity index (χ1v) is 10.5. The van der Waals surface area contributed by atoms with Gasteiger partial charge in [0.05, 0.1) is 17.6 Å². The van der Waals surface area contributed by atoms with Gasteiger partial charge < -0.3 is 10.2 Å². The molecule has 0 aliphatic carbocycles. The summed E-state index contributed by atoms with van der Waals surface area (Å²) in [6, 6.07) is 9.30. The van der Waals surface area contributed by atoms with Gasteiger partial charge in [0.15, 0.2) is 0 Å². The van der Waals surface area contributed by atoms with Crippen LogP contribution < -0.4 is 15.8 Å². The summed E-state index contributed by atoms with van der Waals surface area (Å²) in [5.74, 6) is 0.742. The van der Waals surface area contributed by atoms with Crippen molar-refractivity contribution in [2.24, 2.45) is 0 Å². The lowest BCUT2D eigenvalue weighted by atomic mass is 10.1. The topological polar surface area (TPSA) is 67.2 Å². The molecule has 6 nitrogen and oxygen atoms in total. The normalized spacial score (nSPS) is 14.2. The van der Waals surface area contributed by atoms with Gasteiger partial charge in [-0.1, -0.05) is 19.1 Å². The summed E-state index contributed by atoms with van der Waals surface area (Å²) in [7, 11) is 0. The molecule has 1 aromatic carbocycles. The van der Waals surface area contributed by atoms with E-state index in [1.807, 2.05) is 24.3 Å². The van der Waals surface area contributed by atoms with Crippen molar-refractivity contribution in [1.82, 2.24) is 9.78 Å². The number of benzene rings is 1. The number of para-hydroxylation sites is 1. The van der Waals surface area contributed by atoms with E-state index < -0.39 is 0 Å². The molecule has 2 heterocycles. The summed E-state index contributed by atoms with van der Waals surface area (Å²) in [6.45, 7) is 3.95. The van der Waals surface area contributed by atoms with Crippen molar-refractivity contribution in [2.75, 3.05) is 29.1 Å². The number of hydrogen-bond donors (Lipinski definition) is 1. The van der Waals surface area contributed by atoms with Crippen LogP contribution in [-0.2, 0) is 11.3 Å². The van der Waals surface area contributed by atoms with E-state index in [1.54, 1.807) is 24.0 Å². The van der Waals surface area contributed by atoms with Crippen LogP contribution >= 0.6 is 11.8 Å². The van der Waals surface area contributed by atoms with E-state index in [2.05, 4.69) is 22.2 Å². The number of anilines is 2. The van der Waals surface area contributed by atoms with Crippen LogP contribution in [0.2, 0.25) is 0 Å². The first kappa shape index (κ1) is 19.5. The number of rotatable bonds is 7. The van der Waals surface area contributed by atoms with Gasteiger partial charge in [-0.2, -0.15) is 5.10 Å². The molecule has 1 saturated heterocycles. The van der Waals surface area contributed by atoms with E-state index in [0.29, 0.717) is 0 Å². The first-order chi connectivity index (χ1) is 13.2. The summed E-state index contributed by atoms with van der Waals surface area (Å²) >= 11 is 1.71. The molecular weight excluding hydrogens is 360 g/mol. The molecule has 3 rings (SSSR count). The maximum atomic E-state index is 12.4. The zero-order chi connectivity index (χ0) is 19.1. The molecule has 0 spiro atoms. The molecule has 2 aromatic rings. The lowest BCUT2D eigenvalue weighted by Crippen LogP contribution is -2.33. The third-order valence-corrected chi connectivity index (χ3v) is 5.77. The SMILES string of the molecule is CCCSc1ccccc1NC(=O)Cn1ncc(N2CCCCC2)cc1=O. The second-order valence-electron chi connectivity index (χ2n) is 6.65. The fraction of sp³-hybridized carbons (Fsp3) is 0.450. The van der Waals surface area contributed by atoms with Crippen LogP contribution in [0, 0.1) is 0 Å². The van der Waals surface area contributed by atoms with Gasteiger partial charge in [-0.15, -0.1) is 11.8 Å². The Bertz CT molecular complexity index is 831. The molecule has 1 aromatic heterocycles. The van der Waals surface area contributed by atoms with Gasteiger partial charge in [-0.25, -0.2) is 4.68 Å². The van der Waals surface area contributed by atoms with Crippen molar-refractivity contribution in [1.29, 1.82) is 0 Å². The average Bonchev–Trinajstić information content (AvgIpc) is 2.69. The lowest BCUT2D eigenvalue weighted by molar-refractivity contribution is -0.117. The van der Waals surface area contributed by atoms with Crippen molar-refractivity contribution < 1.29 is 4.79 Å². The van der Waals surface area contributed by atoms with Crippen LogP contribution in [0.1, 0.15) is 32.6 Å². The highest BCUT2D eigenvalue weighted by molar-refractivity contribution is 7.99. The standard InChI is InChI=1S/C20H26N4O2S/c1-2-12-27-18-9-5-4-8-17(18)22-19(25)15-24-20(26)13-16(14-21-24)23-10-6-3-7-11-23/h4-5,8-9,13-14H,2-3,6-7,10-12,15H2,1H3,(H,22,25). The Morgan fingerprint density at radius 3 is 2.74 bits per heavy atom. The zero-order valence-corrected chi connectivity index (χ0v) is 16.5. The minimum Gasteiger partial charge on any atom is -0.370 e. The van der Waals surface area contributed by atoms with Crippen molar-refractivity contribution >= 4 is 29.0 Å². The summed E-state index contributed by atoms with van der Waals surface area (Å²) < 4.78 is 1.21. The van der Waals surface area contributed by atoms with E-state index in [9.17, 15) is 9.59 Å². The number of carbonyl (C=O) groups excluding carboxylic acids is 1. The van der Waals surface area contributed by atoms with Crippen molar-refractivity contribution in [3.63, 3.8) is 0 Å². The highest BCUT2D eigenvalue weighted by Crippen LogP contribution is 2.27. The van der Waals surface area contributed by atoms with Crippen LogP contribution in [0.5, 0.6) is 0 Å². The second-order valence-corrected chi connectivity index (χ2v) is 7.79. The largest absolute Gasteiger partial charge is 0.370 e. The highest BCUT2D eigenvalue weighted by atomic mass is 32.2. The molecule has 0 unspecified atom stereocenters. The van der Waals surface area contributed by atoms with Gasteiger partial charge in [0, 0.05) is 24.1 Å². The van der Waals surface area contributed by atoms with E-state index in [4.69, 9.17) is 0 Å². The Balaban J connectivity index is 1.65.